The third-order valence-electron chi connectivity index (χ3n) is 6.75. The summed E-state index contributed by atoms with van der Waals surface area (Å²) < 4.78 is 5.82. The zero-order valence-corrected chi connectivity index (χ0v) is 19.3. The van der Waals surface area contributed by atoms with E-state index in [4.69, 9.17) is 4.42 Å². The van der Waals surface area contributed by atoms with Crippen molar-refractivity contribution in [2.24, 2.45) is 5.92 Å². The number of urea groups is 1. The number of carbonyl (C=O) groups is 4. The Balaban J connectivity index is 1.20. The Hall–Kier alpha value is -4.14. The molecule has 0 radical (unpaired) electrons. The van der Waals surface area contributed by atoms with E-state index in [-0.39, 0.29) is 24.3 Å². The van der Waals surface area contributed by atoms with Crippen molar-refractivity contribution >= 4 is 40.4 Å². The number of rotatable bonds is 5. The third kappa shape index (κ3) is 4.25. The number of imide groups is 1. The lowest BCUT2D eigenvalue weighted by Crippen LogP contribution is -2.47. The zero-order chi connectivity index (χ0) is 24.6. The number of piperidine rings is 1. The van der Waals surface area contributed by atoms with Crippen molar-refractivity contribution in [3.63, 3.8) is 0 Å². The predicted molar refractivity (Wildman–Crippen MR) is 128 cm³/mol. The van der Waals surface area contributed by atoms with Crippen molar-refractivity contribution in [3.05, 3.63) is 66.4 Å². The van der Waals surface area contributed by atoms with Gasteiger partial charge in [-0.25, -0.2) is 4.79 Å². The van der Waals surface area contributed by atoms with Gasteiger partial charge in [-0.05, 0) is 44.0 Å². The molecule has 1 aromatic heterocycles. The largest absolute Gasteiger partial charge is 0.458 e. The molecule has 35 heavy (non-hydrogen) atoms. The Morgan fingerprint density at radius 1 is 1.06 bits per heavy atom. The molecule has 0 saturated carbocycles. The average molecular weight is 475 g/mol. The lowest BCUT2D eigenvalue weighted by Gasteiger charge is -2.32. The van der Waals surface area contributed by atoms with Gasteiger partial charge in [0, 0.05) is 30.1 Å². The number of hydrogen-bond acceptors (Lipinski definition) is 5. The highest BCUT2D eigenvalue weighted by atomic mass is 16.3. The van der Waals surface area contributed by atoms with Gasteiger partial charge in [-0.1, -0.05) is 36.4 Å². The van der Waals surface area contributed by atoms with Crippen LogP contribution in [0.2, 0.25) is 0 Å². The van der Waals surface area contributed by atoms with Crippen molar-refractivity contribution in [2.45, 2.75) is 25.3 Å². The molecule has 5 rings (SSSR count). The monoisotopic (exact) mass is 474 g/mol. The van der Waals surface area contributed by atoms with Gasteiger partial charge < -0.3 is 20.0 Å². The first kappa shape index (κ1) is 22.6. The summed E-state index contributed by atoms with van der Waals surface area (Å²) in [5, 5.41) is 6.40. The maximum absolute atomic E-state index is 13.2. The fourth-order valence-electron chi connectivity index (χ4n) is 4.63. The number of fused-ring (bicyclic) bond motifs is 1. The van der Waals surface area contributed by atoms with Crippen molar-refractivity contribution in [1.29, 1.82) is 0 Å². The molecule has 1 atom stereocenters. The molecule has 2 aliphatic heterocycles. The fraction of sp³-hybridized carbons (Fsp3) is 0.308. The molecule has 2 N–H and O–H groups in total. The Labute approximate surface area is 202 Å². The Morgan fingerprint density at radius 3 is 2.46 bits per heavy atom. The smallest absolute Gasteiger partial charge is 0.325 e. The van der Waals surface area contributed by atoms with E-state index < -0.39 is 17.5 Å². The summed E-state index contributed by atoms with van der Waals surface area (Å²) in [5.74, 6) is -0.820. The van der Waals surface area contributed by atoms with E-state index in [1.54, 1.807) is 24.0 Å². The summed E-state index contributed by atoms with van der Waals surface area (Å²) >= 11 is 0. The summed E-state index contributed by atoms with van der Waals surface area (Å²) in [5.41, 5.74) is -0.0413. The normalized spacial score (nSPS) is 20.8. The van der Waals surface area contributed by atoms with Crippen LogP contribution in [0.1, 0.15) is 25.5 Å². The Kier molecular flexibility index (Phi) is 5.76. The minimum atomic E-state index is -1.39. The lowest BCUT2D eigenvalue weighted by atomic mass is 9.95. The van der Waals surface area contributed by atoms with Crippen molar-refractivity contribution in [1.82, 2.24) is 15.1 Å². The topological polar surface area (TPSA) is 112 Å². The van der Waals surface area contributed by atoms with Gasteiger partial charge in [0.05, 0.1) is 0 Å². The number of para-hydroxylation sites is 2. The molecular formula is C26H26N4O5. The van der Waals surface area contributed by atoms with E-state index in [1.807, 2.05) is 48.5 Å². The van der Waals surface area contributed by atoms with Gasteiger partial charge >= 0.3 is 6.03 Å². The van der Waals surface area contributed by atoms with E-state index in [0.29, 0.717) is 37.3 Å². The van der Waals surface area contributed by atoms with Crippen LogP contribution in [0.4, 0.5) is 10.5 Å². The number of nitrogens with zero attached hydrogens (tertiary/aromatic N) is 2. The van der Waals surface area contributed by atoms with Crippen LogP contribution in [0.25, 0.3) is 11.0 Å². The number of carbonyl (C=O) groups excluding carboxylic acids is 4. The van der Waals surface area contributed by atoms with Crippen LogP contribution in [0.15, 0.2) is 65.1 Å². The molecule has 0 aliphatic carbocycles. The van der Waals surface area contributed by atoms with E-state index in [1.165, 1.54) is 0 Å². The minimum Gasteiger partial charge on any atom is -0.458 e. The standard InChI is InChI=1S/C26H26N4O5/c1-26(21-15-18-7-5-6-10-20(18)35-21)24(33)30(25(34)28-26)16-22(31)29-13-11-17(12-14-29)23(32)27-19-8-3-2-4-9-19/h2-10,15,17H,11-14,16H2,1H3,(H,27,32)(H,28,34). The summed E-state index contributed by atoms with van der Waals surface area (Å²) in [6.45, 7) is 1.99. The summed E-state index contributed by atoms with van der Waals surface area (Å²) in [4.78, 5) is 53.9. The second-order valence-corrected chi connectivity index (χ2v) is 9.11. The summed E-state index contributed by atoms with van der Waals surface area (Å²) in [7, 11) is 0. The molecule has 9 heteroatoms. The highest BCUT2D eigenvalue weighted by molar-refractivity contribution is 6.09. The first-order chi connectivity index (χ1) is 16.8. The number of nitrogens with one attached hydrogen (secondary N) is 2. The van der Waals surface area contributed by atoms with E-state index >= 15 is 0 Å². The molecule has 3 aromatic rings. The molecule has 0 bridgehead atoms. The maximum Gasteiger partial charge on any atom is 0.325 e. The molecule has 2 aliphatic rings. The van der Waals surface area contributed by atoms with E-state index in [9.17, 15) is 19.2 Å². The van der Waals surface area contributed by atoms with Crippen LogP contribution in [0.3, 0.4) is 0 Å². The first-order valence-corrected chi connectivity index (χ1v) is 11.6. The van der Waals surface area contributed by atoms with Crippen molar-refractivity contribution in [2.75, 3.05) is 25.0 Å². The SMILES string of the molecule is CC1(c2cc3ccccc3o2)NC(=O)N(CC(=O)N2CCC(C(=O)Nc3ccccc3)CC2)C1=O. The van der Waals surface area contributed by atoms with Gasteiger partial charge in [0.2, 0.25) is 11.8 Å². The van der Waals surface area contributed by atoms with E-state index in [2.05, 4.69) is 10.6 Å². The number of furan rings is 1. The van der Waals surface area contributed by atoms with Gasteiger partial charge in [0.25, 0.3) is 5.91 Å². The van der Waals surface area contributed by atoms with Crippen molar-refractivity contribution < 1.29 is 23.6 Å². The molecule has 180 valence electrons. The van der Waals surface area contributed by atoms with Crippen LogP contribution in [-0.2, 0) is 19.9 Å². The third-order valence-corrected chi connectivity index (χ3v) is 6.75. The predicted octanol–water partition coefficient (Wildman–Crippen LogP) is 3.08. The van der Waals surface area contributed by atoms with Crippen LogP contribution in [0, 0.1) is 5.92 Å². The number of hydrogen-bond donors (Lipinski definition) is 2. The Bertz CT molecular complexity index is 1260. The number of benzene rings is 2. The molecule has 2 saturated heterocycles. The van der Waals surface area contributed by atoms with E-state index in [0.717, 1.165) is 16.0 Å². The molecule has 0 spiro atoms. The molecule has 2 aromatic carbocycles. The second kappa shape index (κ2) is 8.90. The van der Waals surface area contributed by atoms with Crippen LogP contribution >= 0.6 is 0 Å². The van der Waals surface area contributed by atoms with Gasteiger partial charge in [-0.15, -0.1) is 0 Å². The van der Waals surface area contributed by atoms with Crippen LogP contribution in [0.5, 0.6) is 0 Å². The van der Waals surface area contributed by atoms with Crippen LogP contribution in [-0.4, -0.2) is 53.2 Å². The minimum absolute atomic E-state index is 0.0704. The molecule has 2 fully saturated rings. The number of anilines is 1. The average Bonchev–Trinajstić information content (AvgIpc) is 3.40. The molecule has 1 unspecified atom stereocenters. The van der Waals surface area contributed by atoms with Crippen molar-refractivity contribution in [3.8, 4) is 0 Å². The summed E-state index contributed by atoms with van der Waals surface area (Å²) in [6.07, 6.45) is 1.03. The first-order valence-electron chi connectivity index (χ1n) is 11.6. The number of amides is 5. The van der Waals surface area contributed by atoms with Gasteiger partial charge in [-0.3, -0.25) is 19.3 Å². The quantitative estimate of drug-likeness (QED) is 0.552. The zero-order valence-electron chi connectivity index (χ0n) is 19.3. The summed E-state index contributed by atoms with van der Waals surface area (Å²) in [6, 6.07) is 17.7. The highest BCUT2D eigenvalue weighted by Crippen LogP contribution is 2.33. The molecule has 5 amide bonds. The second-order valence-electron chi connectivity index (χ2n) is 9.11. The number of likely N-dealkylation sites (tertiary alicyclic amines) is 1. The molecular weight excluding hydrogens is 448 g/mol. The maximum atomic E-state index is 13.2. The van der Waals surface area contributed by atoms with Gasteiger partial charge in [-0.2, -0.15) is 0 Å². The van der Waals surface area contributed by atoms with Gasteiger partial charge in [0.1, 0.15) is 17.9 Å². The highest BCUT2D eigenvalue weighted by Gasteiger charge is 2.52. The lowest BCUT2D eigenvalue weighted by molar-refractivity contribution is -0.140. The fourth-order valence-corrected chi connectivity index (χ4v) is 4.63. The van der Waals surface area contributed by atoms with Gasteiger partial charge in [0.15, 0.2) is 5.54 Å². The van der Waals surface area contributed by atoms with Crippen LogP contribution < -0.4 is 10.6 Å². The molecule has 9 nitrogen and oxygen atoms in total. The molecule has 3 heterocycles. The Morgan fingerprint density at radius 2 is 1.74 bits per heavy atom.